The summed E-state index contributed by atoms with van der Waals surface area (Å²) in [4.78, 5) is 39.2. The fraction of sp³-hybridized carbons (Fsp3) is 0.179. The zero-order chi connectivity index (χ0) is 25.7. The van der Waals surface area contributed by atoms with Gasteiger partial charge in [-0.25, -0.2) is 9.59 Å². The van der Waals surface area contributed by atoms with Crippen molar-refractivity contribution in [3.05, 3.63) is 106 Å². The second-order valence-electron chi connectivity index (χ2n) is 7.91. The molecule has 0 saturated carbocycles. The summed E-state index contributed by atoms with van der Waals surface area (Å²) in [6.07, 6.45) is 1.81. The molecular weight excluding hydrogens is 480 g/mol. The number of ether oxygens (including phenoxy) is 2. The lowest BCUT2D eigenvalue weighted by molar-refractivity contribution is -0.114. The van der Waals surface area contributed by atoms with E-state index in [0.29, 0.717) is 39.8 Å². The first-order valence-corrected chi connectivity index (χ1v) is 11.9. The molecule has 0 radical (unpaired) electrons. The van der Waals surface area contributed by atoms with Crippen LogP contribution in [0.2, 0.25) is 5.02 Å². The molecule has 1 aliphatic rings. The Balaban J connectivity index is 1.64. The maximum absolute atomic E-state index is 13.6. The van der Waals surface area contributed by atoms with Crippen molar-refractivity contribution in [2.75, 3.05) is 23.4 Å². The summed E-state index contributed by atoms with van der Waals surface area (Å²) in [6, 6.07) is 20.2. The van der Waals surface area contributed by atoms with Gasteiger partial charge < -0.3 is 14.8 Å². The fourth-order valence-corrected chi connectivity index (χ4v) is 4.16. The number of carbonyl (C=O) groups excluding carboxylic acids is 3. The van der Waals surface area contributed by atoms with Crippen LogP contribution in [-0.4, -0.2) is 31.1 Å². The van der Waals surface area contributed by atoms with Crippen molar-refractivity contribution in [3.63, 3.8) is 0 Å². The summed E-state index contributed by atoms with van der Waals surface area (Å²) in [5.74, 6) is -1.10. The molecule has 184 valence electrons. The number of anilines is 2. The predicted molar refractivity (Wildman–Crippen MR) is 138 cm³/mol. The molecule has 1 amide bonds. The molecule has 3 aromatic carbocycles. The smallest absolute Gasteiger partial charge is 0.338 e. The first kappa shape index (κ1) is 25.0. The minimum Gasteiger partial charge on any atom is -0.462 e. The van der Waals surface area contributed by atoms with Crippen LogP contribution in [0.5, 0.6) is 0 Å². The minimum absolute atomic E-state index is 0.265. The molecule has 0 fully saturated rings. The third kappa shape index (κ3) is 5.26. The number of rotatable bonds is 8. The number of benzene rings is 3. The lowest BCUT2D eigenvalue weighted by Crippen LogP contribution is -2.31. The van der Waals surface area contributed by atoms with E-state index >= 15 is 0 Å². The van der Waals surface area contributed by atoms with Crippen molar-refractivity contribution in [2.24, 2.45) is 0 Å². The second-order valence-corrected chi connectivity index (χ2v) is 8.32. The molecule has 36 heavy (non-hydrogen) atoms. The highest BCUT2D eigenvalue weighted by atomic mass is 35.5. The Labute approximate surface area is 214 Å². The maximum Gasteiger partial charge on any atom is 0.338 e. The summed E-state index contributed by atoms with van der Waals surface area (Å²) in [6.45, 7) is 4.06. The number of nitrogens with zero attached hydrogens (tertiary/aromatic N) is 1. The molecule has 4 rings (SSSR count). The average Bonchev–Trinajstić information content (AvgIpc) is 3.20. The molecule has 8 heteroatoms. The number of halogens is 1. The van der Waals surface area contributed by atoms with Crippen molar-refractivity contribution in [2.45, 2.75) is 19.9 Å². The van der Waals surface area contributed by atoms with Gasteiger partial charge in [0.05, 0.1) is 30.4 Å². The molecule has 7 nitrogen and oxygen atoms in total. The van der Waals surface area contributed by atoms with E-state index in [-0.39, 0.29) is 12.5 Å². The zero-order valence-electron chi connectivity index (χ0n) is 19.9. The lowest BCUT2D eigenvalue weighted by Gasteiger charge is -2.26. The summed E-state index contributed by atoms with van der Waals surface area (Å²) < 4.78 is 10.1. The van der Waals surface area contributed by atoms with Gasteiger partial charge >= 0.3 is 11.9 Å². The Morgan fingerprint density at radius 3 is 1.97 bits per heavy atom. The van der Waals surface area contributed by atoms with Gasteiger partial charge in [-0.3, -0.25) is 9.69 Å². The molecule has 1 atom stereocenters. The monoisotopic (exact) mass is 504 g/mol. The van der Waals surface area contributed by atoms with E-state index in [4.69, 9.17) is 21.1 Å². The number of amides is 1. The number of hydrogen-bond acceptors (Lipinski definition) is 6. The molecule has 0 aromatic heterocycles. The van der Waals surface area contributed by atoms with Crippen molar-refractivity contribution in [3.8, 4) is 0 Å². The van der Waals surface area contributed by atoms with Crippen LogP contribution in [-0.2, 0) is 14.3 Å². The standard InChI is InChI=1S/C28H25ClN2O5/c1-3-35-27(33)18-9-13-20(14-10-18)30-24-17-25(22-7-5-6-8-23(22)29)31(26(24)32)21-15-11-19(12-16-21)28(34)36-4-2/h5-17,25,30H,3-4H2,1-2H3. The third-order valence-corrected chi connectivity index (χ3v) is 5.95. The maximum atomic E-state index is 13.6. The SMILES string of the molecule is CCOC(=O)c1ccc(NC2=CC(c3ccccc3Cl)N(c3ccc(C(=O)OCC)cc3)C2=O)cc1. The summed E-state index contributed by atoms with van der Waals surface area (Å²) in [5, 5.41) is 3.68. The van der Waals surface area contributed by atoms with Crippen LogP contribution in [0, 0.1) is 0 Å². The Morgan fingerprint density at radius 1 is 0.861 bits per heavy atom. The van der Waals surface area contributed by atoms with Crippen LogP contribution in [0.1, 0.15) is 46.2 Å². The molecule has 1 heterocycles. The van der Waals surface area contributed by atoms with Gasteiger partial charge in [-0.05, 0) is 80.1 Å². The van der Waals surface area contributed by atoms with Gasteiger partial charge in [0.2, 0.25) is 0 Å². The highest BCUT2D eigenvalue weighted by Crippen LogP contribution is 2.38. The lowest BCUT2D eigenvalue weighted by atomic mass is 10.1. The molecule has 0 bridgehead atoms. The van der Waals surface area contributed by atoms with E-state index in [1.54, 1.807) is 73.3 Å². The van der Waals surface area contributed by atoms with E-state index in [2.05, 4.69) is 5.32 Å². The van der Waals surface area contributed by atoms with Crippen molar-refractivity contribution in [1.82, 2.24) is 0 Å². The number of nitrogens with one attached hydrogen (secondary N) is 1. The molecular formula is C28H25ClN2O5. The van der Waals surface area contributed by atoms with Crippen molar-refractivity contribution in [1.29, 1.82) is 0 Å². The molecule has 0 aliphatic carbocycles. The minimum atomic E-state index is -0.471. The molecule has 3 aromatic rings. The van der Waals surface area contributed by atoms with Gasteiger partial charge in [0.15, 0.2) is 0 Å². The highest BCUT2D eigenvalue weighted by Gasteiger charge is 2.35. The van der Waals surface area contributed by atoms with Crippen LogP contribution in [0.15, 0.2) is 84.6 Å². The highest BCUT2D eigenvalue weighted by molar-refractivity contribution is 6.31. The molecule has 1 N–H and O–H groups in total. The second kappa shape index (κ2) is 11.1. The first-order valence-electron chi connectivity index (χ1n) is 11.5. The van der Waals surface area contributed by atoms with E-state index < -0.39 is 18.0 Å². The molecule has 1 aliphatic heterocycles. The Kier molecular flexibility index (Phi) is 7.71. The van der Waals surface area contributed by atoms with Crippen LogP contribution in [0.4, 0.5) is 11.4 Å². The van der Waals surface area contributed by atoms with Gasteiger partial charge in [-0.15, -0.1) is 0 Å². The normalized spacial score (nSPS) is 14.9. The Hall–Kier alpha value is -4.10. The number of carbonyl (C=O) groups is 3. The zero-order valence-corrected chi connectivity index (χ0v) is 20.6. The summed E-state index contributed by atoms with van der Waals surface area (Å²) >= 11 is 6.49. The van der Waals surface area contributed by atoms with Crippen LogP contribution in [0.25, 0.3) is 0 Å². The summed E-state index contributed by atoms with van der Waals surface area (Å²) in [5.41, 5.74) is 3.18. The third-order valence-electron chi connectivity index (χ3n) is 5.61. The quantitative estimate of drug-likeness (QED) is 0.391. The van der Waals surface area contributed by atoms with Gasteiger partial charge in [0.25, 0.3) is 5.91 Å². The predicted octanol–water partition coefficient (Wildman–Crippen LogP) is 5.78. The first-order chi connectivity index (χ1) is 17.4. The van der Waals surface area contributed by atoms with Crippen LogP contribution >= 0.6 is 11.6 Å². The molecule has 1 unspecified atom stereocenters. The fourth-order valence-electron chi connectivity index (χ4n) is 3.91. The van der Waals surface area contributed by atoms with Gasteiger partial charge in [0, 0.05) is 16.4 Å². The average molecular weight is 505 g/mol. The Morgan fingerprint density at radius 2 is 1.42 bits per heavy atom. The topological polar surface area (TPSA) is 84.9 Å². The van der Waals surface area contributed by atoms with Crippen molar-refractivity contribution >= 4 is 40.8 Å². The Bertz CT molecular complexity index is 1300. The molecule has 0 saturated heterocycles. The van der Waals surface area contributed by atoms with E-state index in [1.807, 2.05) is 24.3 Å². The van der Waals surface area contributed by atoms with E-state index in [9.17, 15) is 14.4 Å². The van der Waals surface area contributed by atoms with Crippen LogP contribution < -0.4 is 10.2 Å². The molecule has 0 spiro atoms. The number of esters is 2. The number of hydrogen-bond donors (Lipinski definition) is 1. The van der Waals surface area contributed by atoms with E-state index in [1.165, 1.54) is 0 Å². The summed E-state index contributed by atoms with van der Waals surface area (Å²) in [7, 11) is 0. The van der Waals surface area contributed by atoms with Gasteiger partial charge in [-0.2, -0.15) is 0 Å². The largest absolute Gasteiger partial charge is 0.462 e. The van der Waals surface area contributed by atoms with Gasteiger partial charge in [-0.1, -0.05) is 29.8 Å². The van der Waals surface area contributed by atoms with Crippen LogP contribution in [0.3, 0.4) is 0 Å². The van der Waals surface area contributed by atoms with Crippen molar-refractivity contribution < 1.29 is 23.9 Å². The van der Waals surface area contributed by atoms with Gasteiger partial charge in [0.1, 0.15) is 5.70 Å². The van der Waals surface area contributed by atoms with E-state index in [0.717, 1.165) is 5.56 Å².